The van der Waals surface area contributed by atoms with Gasteiger partial charge in [-0.1, -0.05) is 52.3 Å². The number of carbonyl (C=O) groups is 2. The summed E-state index contributed by atoms with van der Waals surface area (Å²) in [5.74, 6) is -0.323. The fourth-order valence-electron chi connectivity index (χ4n) is 2.88. The molecule has 3 rings (SSSR count). The van der Waals surface area contributed by atoms with Crippen molar-refractivity contribution < 1.29 is 9.59 Å². The first-order chi connectivity index (χ1) is 11.6. The van der Waals surface area contributed by atoms with Crippen LogP contribution in [0.4, 0.5) is 5.69 Å². The lowest BCUT2D eigenvalue weighted by molar-refractivity contribution is -0.128. The zero-order chi connectivity index (χ0) is 16.9. The van der Waals surface area contributed by atoms with Gasteiger partial charge in [0.05, 0.1) is 5.92 Å². The summed E-state index contributed by atoms with van der Waals surface area (Å²) in [7, 11) is 0. The van der Waals surface area contributed by atoms with E-state index in [4.69, 9.17) is 0 Å². The molecule has 0 bridgehead atoms. The molecule has 1 saturated heterocycles. The summed E-state index contributed by atoms with van der Waals surface area (Å²) >= 11 is 3.38. The molecule has 1 fully saturated rings. The summed E-state index contributed by atoms with van der Waals surface area (Å²) in [5.41, 5.74) is 1.94. The average molecular weight is 387 g/mol. The molecule has 1 N–H and O–H groups in total. The largest absolute Gasteiger partial charge is 0.342 e. The van der Waals surface area contributed by atoms with Crippen molar-refractivity contribution in [2.75, 3.05) is 18.4 Å². The Morgan fingerprint density at radius 2 is 1.96 bits per heavy atom. The third-order valence-electron chi connectivity index (χ3n) is 4.19. The Morgan fingerprint density at radius 1 is 1.17 bits per heavy atom. The third kappa shape index (κ3) is 4.23. The van der Waals surface area contributed by atoms with Gasteiger partial charge in [0.25, 0.3) is 0 Å². The van der Waals surface area contributed by atoms with Gasteiger partial charge >= 0.3 is 0 Å². The highest BCUT2D eigenvalue weighted by molar-refractivity contribution is 9.10. The Morgan fingerprint density at radius 3 is 2.71 bits per heavy atom. The average Bonchev–Trinajstić information content (AvgIpc) is 2.95. The molecule has 2 aromatic carbocycles. The van der Waals surface area contributed by atoms with Crippen molar-refractivity contribution in [1.82, 2.24) is 4.90 Å². The van der Waals surface area contributed by atoms with Gasteiger partial charge in [0.1, 0.15) is 0 Å². The van der Waals surface area contributed by atoms with Crippen LogP contribution in [0.5, 0.6) is 0 Å². The molecule has 1 aliphatic rings. The molecular formula is C19H19BrN2O2. The first-order valence-electron chi connectivity index (χ1n) is 8.00. The Kier molecular flexibility index (Phi) is 5.30. The van der Waals surface area contributed by atoms with Crippen molar-refractivity contribution in [3.05, 3.63) is 64.6 Å². The topological polar surface area (TPSA) is 49.4 Å². The Hall–Kier alpha value is -2.14. The standard InChI is InChI=1S/C19H19BrN2O2/c20-16-7-4-8-17(12-16)21-19(24)15-11-18(23)22(13-15)10-9-14-5-2-1-3-6-14/h1-8,12,15H,9-11,13H2,(H,21,24). The van der Waals surface area contributed by atoms with Crippen molar-refractivity contribution in [2.45, 2.75) is 12.8 Å². The van der Waals surface area contributed by atoms with Gasteiger partial charge in [-0.2, -0.15) is 0 Å². The molecule has 1 atom stereocenters. The van der Waals surface area contributed by atoms with Crippen molar-refractivity contribution in [3.8, 4) is 0 Å². The molecule has 0 saturated carbocycles. The van der Waals surface area contributed by atoms with Crippen LogP contribution in [0.2, 0.25) is 0 Å². The smallest absolute Gasteiger partial charge is 0.229 e. The van der Waals surface area contributed by atoms with Crippen LogP contribution in [0.15, 0.2) is 59.1 Å². The monoisotopic (exact) mass is 386 g/mol. The number of hydrogen-bond acceptors (Lipinski definition) is 2. The van der Waals surface area contributed by atoms with Gasteiger partial charge in [0.15, 0.2) is 0 Å². The molecule has 0 radical (unpaired) electrons. The lowest BCUT2D eigenvalue weighted by atomic mass is 10.1. The van der Waals surface area contributed by atoms with E-state index in [1.807, 2.05) is 42.5 Å². The number of nitrogens with zero attached hydrogens (tertiary/aromatic N) is 1. The minimum atomic E-state index is -0.285. The van der Waals surface area contributed by atoms with Crippen molar-refractivity contribution >= 4 is 33.4 Å². The van der Waals surface area contributed by atoms with Crippen LogP contribution in [0.1, 0.15) is 12.0 Å². The Bertz CT molecular complexity index is 733. The Balaban J connectivity index is 1.55. The van der Waals surface area contributed by atoms with Crippen molar-refractivity contribution in [3.63, 3.8) is 0 Å². The molecule has 124 valence electrons. The molecule has 5 heteroatoms. The normalized spacial score (nSPS) is 17.1. The predicted octanol–water partition coefficient (Wildman–Crippen LogP) is 3.48. The molecular weight excluding hydrogens is 368 g/mol. The summed E-state index contributed by atoms with van der Waals surface area (Å²) in [6.07, 6.45) is 1.10. The summed E-state index contributed by atoms with van der Waals surface area (Å²) in [6.45, 7) is 1.15. The second kappa shape index (κ2) is 7.62. The first kappa shape index (κ1) is 16.7. The van der Waals surface area contributed by atoms with Gasteiger partial charge < -0.3 is 10.2 Å². The van der Waals surface area contributed by atoms with Crippen molar-refractivity contribution in [2.24, 2.45) is 5.92 Å². The number of anilines is 1. The lowest BCUT2D eigenvalue weighted by Crippen LogP contribution is -2.30. The molecule has 1 unspecified atom stereocenters. The van der Waals surface area contributed by atoms with E-state index in [0.29, 0.717) is 13.1 Å². The number of benzene rings is 2. The number of rotatable bonds is 5. The maximum atomic E-state index is 12.4. The number of carbonyl (C=O) groups excluding carboxylic acids is 2. The second-order valence-electron chi connectivity index (χ2n) is 5.98. The highest BCUT2D eigenvalue weighted by Gasteiger charge is 2.33. The molecule has 0 aliphatic carbocycles. The highest BCUT2D eigenvalue weighted by Crippen LogP contribution is 2.21. The van der Waals surface area contributed by atoms with Gasteiger partial charge in [0, 0.05) is 29.7 Å². The van der Waals surface area contributed by atoms with Gasteiger partial charge in [-0.15, -0.1) is 0 Å². The first-order valence-corrected chi connectivity index (χ1v) is 8.79. The number of hydrogen-bond donors (Lipinski definition) is 1. The zero-order valence-corrected chi connectivity index (χ0v) is 14.8. The van der Waals surface area contributed by atoms with Gasteiger partial charge in [-0.05, 0) is 30.2 Å². The number of halogens is 1. The molecule has 2 amide bonds. The number of amides is 2. The van der Waals surface area contributed by atoms with E-state index in [2.05, 4.69) is 33.4 Å². The SMILES string of the molecule is O=C(Nc1cccc(Br)c1)C1CC(=O)N(CCc2ccccc2)C1. The minimum Gasteiger partial charge on any atom is -0.342 e. The van der Waals surface area contributed by atoms with E-state index in [1.54, 1.807) is 4.90 Å². The van der Waals surface area contributed by atoms with E-state index >= 15 is 0 Å². The maximum absolute atomic E-state index is 12.4. The van der Waals surface area contributed by atoms with Gasteiger partial charge in [-0.25, -0.2) is 0 Å². The van der Waals surface area contributed by atoms with Crippen LogP contribution in [-0.2, 0) is 16.0 Å². The quantitative estimate of drug-likeness (QED) is 0.854. The minimum absolute atomic E-state index is 0.0559. The van der Waals surface area contributed by atoms with Crippen LogP contribution in [0.3, 0.4) is 0 Å². The van der Waals surface area contributed by atoms with Gasteiger partial charge in [0.2, 0.25) is 11.8 Å². The molecule has 1 aliphatic heterocycles. The lowest BCUT2D eigenvalue weighted by Gasteiger charge is -2.16. The second-order valence-corrected chi connectivity index (χ2v) is 6.89. The summed E-state index contributed by atoms with van der Waals surface area (Å²) < 4.78 is 0.910. The third-order valence-corrected chi connectivity index (χ3v) is 4.68. The van der Waals surface area contributed by atoms with E-state index in [9.17, 15) is 9.59 Å². The number of likely N-dealkylation sites (tertiary alicyclic amines) is 1. The highest BCUT2D eigenvalue weighted by atomic mass is 79.9. The fraction of sp³-hybridized carbons (Fsp3) is 0.263. The fourth-order valence-corrected chi connectivity index (χ4v) is 3.28. The molecule has 24 heavy (non-hydrogen) atoms. The Labute approximate surface area is 150 Å². The van der Waals surface area contributed by atoms with E-state index in [1.165, 1.54) is 5.56 Å². The predicted molar refractivity (Wildman–Crippen MR) is 97.6 cm³/mol. The van der Waals surface area contributed by atoms with Crippen LogP contribution < -0.4 is 5.32 Å². The van der Waals surface area contributed by atoms with Crippen LogP contribution in [0, 0.1) is 5.92 Å². The molecule has 4 nitrogen and oxygen atoms in total. The van der Waals surface area contributed by atoms with E-state index in [-0.39, 0.29) is 24.2 Å². The van der Waals surface area contributed by atoms with E-state index < -0.39 is 0 Å². The van der Waals surface area contributed by atoms with E-state index in [0.717, 1.165) is 16.6 Å². The zero-order valence-electron chi connectivity index (χ0n) is 13.2. The molecule has 2 aromatic rings. The maximum Gasteiger partial charge on any atom is 0.229 e. The number of nitrogens with one attached hydrogen (secondary N) is 1. The van der Waals surface area contributed by atoms with Crippen LogP contribution in [-0.4, -0.2) is 29.8 Å². The summed E-state index contributed by atoms with van der Waals surface area (Å²) in [4.78, 5) is 26.3. The summed E-state index contributed by atoms with van der Waals surface area (Å²) in [5, 5.41) is 2.89. The van der Waals surface area contributed by atoms with Gasteiger partial charge in [-0.3, -0.25) is 9.59 Å². The van der Waals surface area contributed by atoms with Crippen LogP contribution >= 0.6 is 15.9 Å². The summed E-state index contributed by atoms with van der Waals surface area (Å²) in [6, 6.07) is 17.5. The molecule has 1 heterocycles. The van der Waals surface area contributed by atoms with Crippen molar-refractivity contribution in [1.29, 1.82) is 0 Å². The molecule has 0 aromatic heterocycles. The molecule has 0 spiro atoms. The van der Waals surface area contributed by atoms with Crippen LogP contribution in [0.25, 0.3) is 0 Å².